The van der Waals surface area contributed by atoms with Crippen LogP contribution in [-0.4, -0.2) is 33.4 Å². The van der Waals surface area contributed by atoms with Gasteiger partial charge in [0, 0.05) is 27.1 Å². The number of hydrogen-bond donors (Lipinski definition) is 0. The molecule has 1 aromatic heterocycles. The van der Waals surface area contributed by atoms with Crippen LogP contribution in [0.15, 0.2) is 82.3 Å². The number of rotatable bonds is 8. The number of thiocarbonyl (C=S) groups is 1. The maximum Gasteiger partial charge on any atom is 0.266 e. The Balaban J connectivity index is 1.36. The normalized spacial score (nSPS) is 14.7. The predicted octanol–water partition coefficient (Wildman–Crippen LogP) is 7.20. The predicted molar refractivity (Wildman–Crippen MR) is 158 cm³/mol. The minimum atomic E-state index is -0.0792. The van der Waals surface area contributed by atoms with E-state index < -0.39 is 0 Å². The van der Waals surface area contributed by atoms with E-state index in [0.29, 0.717) is 28.9 Å². The Bertz CT molecular complexity index is 1490. The Hall–Kier alpha value is -3.07. The van der Waals surface area contributed by atoms with Gasteiger partial charge in [-0.1, -0.05) is 69.7 Å². The van der Waals surface area contributed by atoms with Crippen molar-refractivity contribution in [3.05, 3.63) is 99.0 Å². The summed E-state index contributed by atoms with van der Waals surface area (Å²) in [5, 5.41) is 1.06. The van der Waals surface area contributed by atoms with E-state index in [-0.39, 0.29) is 5.91 Å². The van der Waals surface area contributed by atoms with Crippen molar-refractivity contribution in [1.29, 1.82) is 0 Å². The van der Waals surface area contributed by atoms with Gasteiger partial charge in [0.1, 0.15) is 22.4 Å². The fourth-order valence-electron chi connectivity index (χ4n) is 4.18. The maximum absolute atomic E-state index is 13.3. The fraction of sp³-hybridized carbons (Fsp3) is 0.172. The Morgan fingerprint density at radius 3 is 2.49 bits per heavy atom. The highest BCUT2D eigenvalue weighted by Gasteiger charge is 2.32. The molecule has 0 unspecified atom stereocenters. The van der Waals surface area contributed by atoms with Gasteiger partial charge in [-0.3, -0.25) is 9.69 Å². The SMILES string of the molecule is COc1ccc(CN2C(=O)/C(=C/c3cn(CCOc4ccc(C)cc4)c4ccc(Br)cc34)SC2=S)cc1. The molecular weight excluding hydrogens is 568 g/mol. The molecular formula is C29H25BrN2O3S2. The summed E-state index contributed by atoms with van der Waals surface area (Å²) in [5.74, 6) is 1.55. The van der Waals surface area contributed by atoms with Crippen molar-refractivity contribution < 1.29 is 14.3 Å². The first-order chi connectivity index (χ1) is 17.9. The first-order valence-corrected chi connectivity index (χ1v) is 13.8. The molecule has 0 bridgehead atoms. The van der Waals surface area contributed by atoms with E-state index in [4.69, 9.17) is 21.7 Å². The Kier molecular flexibility index (Phi) is 7.69. The van der Waals surface area contributed by atoms with Crippen LogP contribution in [0.3, 0.4) is 0 Å². The van der Waals surface area contributed by atoms with Gasteiger partial charge in [-0.25, -0.2) is 0 Å². The number of ether oxygens (including phenoxy) is 2. The number of carbonyl (C=O) groups excluding carboxylic acids is 1. The molecule has 0 spiro atoms. The van der Waals surface area contributed by atoms with Crippen molar-refractivity contribution in [1.82, 2.24) is 9.47 Å². The van der Waals surface area contributed by atoms with E-state index in [1.54, 1.807) is 12.0 Å². The molecule has 1 aliphatic rings. The molecule has 1 fully saturated rings. The highest BCUT2D eigenvalue weighted by molar-refractivity contribution is 9.10. The van der Waals surface area contributed by atoms with Crippen LogP contribution in [0.1, 0.15) is 16.7 Å². The standard InChI is InChI=1S/C29H25BrN2O3S2/c1-19-3-8-24(9-4-19)35-14-13-31-18-21(25-16-22(30)7-12-26(25)31)15-27-28(33)32(29(36)37-27)17-20-5-10-23(34-2)11-6-20/h3-12,15-16,18H,13-14,17H2,1-2H3/b27-15-. The first kappa shape index (κ1) is 25.6. The third-order valence-corrected chi connectivity index (χ3v) is 8.03. The van der Waals surface area contributed by atoms with E-state index in [9.17, 15) is 4.79 Å². The molecule has 8 heteroatoms. The molecule has 4 aromatic rings. The Labute approximate surface area is 234 Å². The third kappa shape index (κ3) is 5.76. The minimum Gasteiger partial charge on any atom is -0.497 e. The van der Waals surface area contributed by atoms with Crippen molar-refractivity contribution in [2.75, 3.05) is 13.7 Å². The molecule has 5 rings (SSSR count). The van der Waals surface area contributed by atoms with E-state index in [0.717, 1.165) is 38.0 Å². The molecule has 0 aliphatic carbocycles. The van der Waals surface area contributed by atoms with Crippen molar-refractivity contribution in [3.63, 3.8) is 0 Å². The van der Waals surface area contributed by atoms with E-state index >= 15 is 0 Å². The molecule has 188 valence electrons. The second-order valence-electron chi connectivity index (χ2n) is 8.72. The highest BCUT2D eigenvalue weighted by Crippen LogP contribution is 2.36. The topological polar surface area (TPSA) is 43.7 Å². The highest BCUT2D eigenvalue weighted by atomic mass is 79.9. The molecule has 37 heavy (non-hydrogen) atoms. The van der Waals surface area contributed by atoms with Crippen molar-refractivity contribution >= 4 is 67.1 Å². The van der Waals surface area contributed by atoms with E-state index in [2.05, 4.69) is 45.8 Å². The molecule has 1 aliphatic heterocycles. The number of nitrogens with zero attached hydrogens (tertiary/aromatic N) is 2. The van der Waals surface area contributed by atoms with Crippen LogP contribution in [0.25, 0.3) is 17.0 Å². The van der Waals surface area contributed by atoms with Crippen molar-refractivity contribution in [2.24, 2.45) is 0 Å². The lowest BCUT2D eigenvalue weighted by Gasteiger charge is -2.14. The van der Waals surface area contributed by atoms with E-state index in [1.807, 2.05) is 60.7 Å². The van der Waals surface area contributed by atoms with Gasteiger partial charge in [0.25, 0.3) is 5.91 Å². The number of aromatic nitrogens is 1. The molecule has 0 N–H and O–H groups in total. The molecule has 1 amide bonds. The van der Waals surface area contributed by atoms with Crippen LogP contribution in [0, 0.1) is 6.92 Å². The summed E-state index contributed by atoms with van der Waals surface area (Å²) in [5.41, 5.74) is 4.24. The average Bonchev–Trinajstić information content (AvgIpc) is 3.36. The van der Waals surface area contributed by atoms with Crippen LogP contribution in [-0.2, 0) is 17.9 Å². The average molecular weight is 594 g/mol. The number of benzene rings is 3. The van der Waals surface area contributed by atoms with Gasteiger partial charge in [0.05, 0.1) is 25.1 Å². The largest absolute Gasteiger partial charge is 0.497 e. The summed E-state index contributed by atoms with van der Waals surface area (Å²) >= 11 is 10.5. The van der Waals surface area contributed by atoms with Crippen molar-refractivity contribution in [2.45, 2.75) is 20.0 Å². The number of fused-ring (bicyclic) bond motifs is 1. The summed E-state index contributed by atoms with van der Waals surface area (Å²) in [7, 11) is 1.63. The van der Waals surface area contributed by atoms with Gasteiger partial charge in [-0.15, -0.1) is 0 Å². The number of amides is 1. The number of hydrogen-bond acceptors (Lipinski definition) is 5. The van der Waals surface area contributed by atoms with Gasteiger partial charge < -0.3 is 14.0 Å². The lowest BCUT2D eigenvalue weighted by molar-refractivity contribution is -0.122. The first-order valence-electron chi connectivity index (χ1n) is 11.8. The smallest absolute Gasteiger partial charge is 0.266 e. The van der Waals surface area contributed by atoms with Gasteiger partial charge >= 0.3 is 0 Å². The summed E-state index contributed by atoms with van der Waals surface area (Å²) in [6.45, 7) is 3.70. The summed E-state index contributed by atoms with van der Waals surface area (Å²) in [6.07, 6.45) is 4.02. The molecule has 0 radical (unpaired) electrons. The Morgan fingerprint density at radius 2 is 1.76 bits per heavy atom. The van der Waals surface area contributed by atoms with Crippen LogP contribution in [0.2, 0.25) is 0 Å². The number of methoxy groups -OCH3 is 1. The number of aryl methyl sites for hydroxylation is 1. The fourth-order valence-corrected chi connectivity index (χ4v) is 5.79. The van der Waals surface area contributed by atoms with Crippen LogP contribution in [0.4, 0.5) is 0 Å². The van der Waals surface area contributed by atoms with Gasteiger partial charge in [0.2, 0.25) is 0 Å². The quantitative estimate of drug-likeness (QED) is 0.160. The molecule has 0 atom stereocenters. The van der Waals surface area contributed by atoms with Gasteiger partial charge in [0.15, 0.2) is 0 Å². The zero-order valence-electron chi connectivity index (χ0n) is 20.4. The van der Waals surface area contributed by atoms with E-state index in [1.165, 1.54) is 17.3 Å². The minimum absolute atomic E-state index is 0.0792. The number of halogens is 1. The summed E-state index contributed by atoms with van der Waals surface area (Å²) in [4.78, 5) is 15.6. The number of thioether (sulfide) groups is 1. The number of carbonyl (C=O) groups is 1. The van der Waals surface area contributed by atoms with Crippen LogP contribution < -0.4 is 9.47 Å². The summed E-state index contributed by atoms with van der Waals surface area (Å²) < 4.78 is 14.9. The maximum atomic E-state index is 13.3. The third-order valence-electron chi connectivity index (χ3n) is 6.16. The van der Waals surface area contributed by atoms with Crippen LogP contribution in [0.5, 0.6) is 11.5 Å². The lowest BCUT2D eigenvalue weighted by atomic mass is 10.1. The second kappa shape index (κ2) is 11.1. The van der Waals surface area contributed by atoms with Crippen molar-refractivity contribution in [3.8, 4) is 11.5 Å². The Morgan fingerprint density at radius 1 is 1.03 bits per heavy atom. The van der Waals surface area contributed by atoms with Gasteiger partial charge in [-0.2, -0.15) is 0 Å². The molecule has 2 heterocycles. The summed E-state index contributed by atoms with van der Waals surface area (Å²) in [6, 6.07) is 21.9. The monoisotopic (exact) mass is 592 g/mol. The zero-order valence-corrected chi connectivity index (χ0v) is 23.7. The molecule has 3 aromatic carbocycles. The molecule has 5 nitrogen and oxygen atoms in total. The molecule has 0 saturated carbocycles. The lowest BCUT2D eigenvalue weighted by Crippen LogP contribution is -2.27. The molecule has 1 saturated heterocycles. The zero-order chi connectivity index (χ0) is 25.9. The second-order valence-corrected chi connectivity index (χ2v) is 11.3. The van der Waals surface area contributed by atoms with Crippen LogP contribution >= 0.6 is 39.9 Å². The van der Waals surface area contributed by atoms with Gasteiger partial charge in [-0.05, 0) is 61.0 Å².